The average molecular weight is 419 g/mol. The van der Waals surface area contributed by atoms with E-state index in [4.69, 9.17) is 9.15 Å². The highest BCUT2D eigenvalue weighted by molar-refractivity contribution is 7.13. The molecule has 0 N–H and O–H groups in total. The van der Waals surface area contributed by atoms with E-state index in [1.807, 2.05) is 44.2 Å². The number of nitrogens with zero attached hydrogens (tertiary/aromatic N) is 3. The van der Waals surface area contributed by atoms with Crippen molar-refractivity contribution in [1.29, 1.82) is 0 Å². The number of amides is 1. The summed E-state index contributed by atoms with van der Waals surface area (Å²) in [4.78, 5) is 28.3. The Balaban J connectivity index is 1.76. The largest absolute Gasteiger partial charge is 0.494 e. The Morgan fingerprint density at radius 3 is 2.67 bits per heavy atom. The third-order valence-corrected chi connectivity index (χ3v) is 5.78. The Morgan fingerprint density at radius 2 is 1.97 bits per heavy atom. The lowest BCUT2D eigenvalue weighted by molar-refractivity contribution is 0.0970. The Bertz CT molecular complexity index is 1310. The van der Waals surface area contributed by atoms with E-state index in [0.29, 0.717) is 28.3 Å². The van der Waals surface area contributed by atoms with Crippen LogP contribution in [-0.2, 0) is 0 Å². The minimum Gasteiger partial charge on any atom is -0.494 e. The first-order valence-electron chi connectivity index (χ1n) is 9.48. The van der Waals surface area contributed by atoms with Crippen molar-refractivity contribution in [1.82, 2.24) is 10.2 Å². The second kappa shape index (κ2) is 7.07. The second-order valence-electron chi connectivity index (χ2n) is 6.97. The standard InChI is InChI=1S/C22H17N3O4S/c1-3-28-14-7-5-13(6-8-14)18-17-19(26)15-10-12(2)4-9-16(15)29-20(17)21(27)25(18)22-24-23-11-30-22/h4-11,18H,3H2,1-2H3. The van der Waals surface area contributed by atoms with Gasteiger partial charge in [0, 0.05) is 0 Å². The highest BCUT2D eigenvalue weighted by Crippen LogP contribution is 2.41. The predicted octanol–water partition coefficient (Wildman–Crippen LogP) is 4.10. The molecule has 2 aromatic carbocycles. The number of ether oxygens (including phenoxy) is 1. The van der Waals surface area contributed by atoms with Gasteiger partial charge in [-0.25, -0.2) is 0 Å². The molecule has 0 spiro atoms. The second-order valence-corrected chi connectivity index (χ2v) is 7.79. The third kappa shape index (κ3) is 2.80. The van der Waals surface area contributed by atoms with E-state index < -0.39 is 11.9 Å². The number of rotatable bonds is 4. The molecule has 150 valence electrons. The number of anilines is 1. The molecule has 0 fully saturated rings. The fraction of sp³-hybridized carbons (Fsp3) is 0.182. The molecule has 2 aromatic heterocycles. The number of carbonyl (C=O) groups is 1. The van der Waals surface area contributed by atoms with Gasteiger partial charge in [-0.1, -0.05) is 35.1 Å². The molecule has 0 radical (unpaired) electrons. The molecule has 1 aliphatic heterocycles. The van der Waals surface area contributed by atoms with Crippen molar-refractivity contribution in [3.63, 3.8) is 0 Å². The Hall–Kier alpha value is -3.52. The molecule has 0 aliphatic carbocycles. The summed E-state index contributed by atoms with van der Waals surface area (Å²) in [6.45, 7) is 4.37. The molecule has 1 unspecified atom stereocenters. The topological polar surface area (TPSA) is 85.5 Å². The smallest absolute Gasteiger partial charge is 0.297 e. The normalized spacial score (nSPS) is 15.6. The summed E-state index contributed by atoms with van der Waals surface area (Å²) in [6, 6.07) is 12.1. The van der Waals surface area contributed by atoms with Gasteiger partial charge in [0.05, 0.1) is 23.6 Å². The van der Waals surface area contributed by atoms with Crippen LogP contribution in [0.1, 0.15) is 40.2 Å². The first-order valence-corrected chi connectivity index (χ1v) is 10.4. The minimum atomic E-state index is -0.655. The van der Waals surface area contributed by atoms with Gasteiger partial charge < -0.3 is 9.15 Å². The molecule has 1 aliphatic rings. The summed E-state index contributed by atoms with van der Waals surface area (Å²) in [7, 11) is 0. The van der Waals surface area contributed by atoms with Crippen molar-refractivity contribution < 1.29 is 13.9 Å². The average Bonchev–Trinajstić information content (AvgIpc) is 3.36. The van der Waals surface area contributed by atoms with Crippen LogP contribution in [0.5, 0.6) is 5.75 Å². The lowest BCUT2D eigenvalue weighted by atomic mass is 9.98. The molecule has 1 amide bonds. The van der Waals surface area contributed by atoms with Gasteiger partial charge >= 0.3 is 0 Å². The molecule has 0 bridgehead atoms. The van der Waals surface area contributed by atoms with E-state index in [1.54, 1.807) is 17.6 Å². The molecule has 7 nitrogen and oxygen atoms in total. The number of fused-ring (bicyclic) bond motifs is 2. The number of hydrogen-bond acceptors (Lipinski definition) is 7. The predicted molar refractivity (Wildman–Crippen MR) is 113 cm³/mol. The fourth-order valence-corrected chi connectivity index (χ4v) is 4.37. The van der Waals surface area contributed by atoms with Crippen LogP contribution in [0.3, 0.4) is 0 Å². The van der Waals surface area contributed by atoms with Crippen molar-refractivity contribution in [3.8, 4) is 5.75 Å². The van der Waals surface area contributed by atoms with Crippen LogP contribution in [0.2, 0.25) is 0 Å². The molecule has 0 saturated carbocycles. The zero-order valence-electron chi connectivity index (χ0n) is 16.3. The number of aryl methyl sites for hydroxylation is 1. The SMILES string of the molecule is CCOc1ccc(C2c3c(oc4ccc(C)cc4c3=O)C(=O)N2c2nncs2)cc1. The first kappa shape index (κ1) is 18.5. The molecular formula is C22H17N3O4S. The molecule has 0 saturated heterocycles. The Kier molecular flexibility index (Phi) is 4.36. The van der Waals surface area contributed by atoms with Crippen LogP contribution in [0, 0.1) is 6.92 Å². The van der Waals surface area contributed by atoms with Gasteiger partial charge in [0.1, 0.15) is 16.8 Å². The van der Waals surface area contributed by atoms with E-state index in [-0.39, 0.29) is 11.2 Å². The molecule has 1 atom stereocenters. The zero-order chi connectivity index (χ0) is 20.8. The van der Waals surface area contributed by atoms with Crippen LogP contribution in [0.25, 0.3) is 11.0 Å². The van der Waals surface area contributed by atoms with E-state index in [0.717, 1.165) is 16.9 Å². The molecule has 5 rings (SSSR count). The van der Waals surface area contributed by atoms with E-state index in [2.05, 4.69) is 10.2 Å². The maximum Gasteiger partial charge on any atom is 0.297 e. The van der Waals surface area contributed by atoms with Gasteiger partial charge in [0.2, 0.25) is 10.9 Å². The minimum absolute atomic E-state index is 0.0467. The van der Waals surface area contributed by atoms with Gasteiger partial charge in [-0.15, -0.1) is 10.2 Å². The van der Waals surface area contributed by atoms with E-state index >= 15 is 0 Å². The van der Waals surface area contributed by atoms with Crippen LogP contribution >= 0.6 is 11.3 Å². The van der Waals surface area contributed by atoms with Gasteiger partial charge in [0.15, 0.2) is 5.43 Å². The van der Waals surface area contributed by atoms with Crippen LogP contribution < -0.4 is 15.1 Å². The van der Waals surface area contributed by atoms with Crippen molar-refractivity contribution in [2.45, 2.75) is 19.9 Å². The molecule has 3 heterocycles. The lowest BCUT2D eigenvalue weighted by Gasteiger charge is -2.22. The molecular weight excluding hydrogens is 402 g/mol. The zero-order valence-corrected chi connectivity index (χ0v) is 17.1. The monoisotopic (exact) mass is 419 g/mol. The van der Waals surface area contributed by atoms with E-state index in [1.165, 1.54) is 16.2 Å². The summed E-state index contributed by atoms with van der Waals surface area (Å²) < 4.78 is 11.5. The van der Waals surface area contributed by atoms with Gasteiger partial charge in [-0.3, -0.25) is 14.5 Å². The van der Waals surface area contributed by atoms with Gasteiger partial charge in [0.25, 0.3) is 5.91 Å². The summed E-state index contributed by atoms with van der Waals surface area (Å²) in [6.07, 6.45) is 0. The van der Waals surface area contributed by atoms with Crippen LogP contribution in [-0.4, -0.2) is 22.7 Å². The maximum atomic E-state index is 13.5. The fourth-order valence-electron chi connectivity index (χ4n) is 3.78. The summed E-state index contributed by atoms with van der Waals surface area (Å²) >= 11 is 1.23. The van der Waals surface area contributed by atoms with Crippen molar-refractivity contribution in [3.05, 3.63) is 80.6 Å². The highest BCUT2D eigenvalue weighted by Gasteiger charge is 2.44. The van der Waals surface area contributed by atoms with Crippen LogP contribution in [0.4, 0.5) is 5.13 Å². The van der Waals surface area contributed by atoms with Gasteiger partial charge in [-0.05, 0) is 43.7 Å². The first-order chi connectivity index (χ1) is 14.6. The maximum absolute atomic E-state index is 13.5. The molecule has 4 aromatic rings. The molecule has 30 heavy (non-hydrogen) atoms. The Morgan fingerprint density at radius 1 is 1.17 bits per heavy atom. The number of hydrogen-bond donors (Lipinski definition) is 0. The molecule has 8 heteroatoms. The lowest BCUT2D eigenvalue weighted by Crippen LogP contribution is -2.29. The Labute approximate surface area is 175 Å². The summed E-state index contributed by atoms with van der Waals surface area (Å²) in [5.41, 5.74) is 3.75. The number of carbonyl (C=O) groups excluding carboxylic acids is 1. The van der Waals surface area contributed by atoms with Crippen LogP contribution in [0.15, 0.2) is 57.2 Å². The summed E-state index contributed by atoms with van der Waals surface area (Å²) in [5, 5.41) is 8.80. The third-order valence-electron chi connectivity index (χ3n) is 5.09. The summed E-state index contributed by atoms with van der Waals surface area (Å²) in [5.74, 6) is 0.361. The van der Waals surface area contributed by atoms with Gasteiger partial charge in [-0.2, -0.15) is 0 Å². The number of benzene rings is 2. The number of aromatic nitrogens is 2. The quantitative estimate of drug-likeness (QED) is 0.495. The highest BCUT2D eigenvalue weighted by atomic mass is 32.1. The van der Waals surface area contributed by atoms with E-state index in [9.17, 15) is 9.59 Å². The van der Waals surface area contributed by atoms with Crippen molar-refractivity contribution in [2.75, 3.05) is 11.5 Å². The van der Waals surface area contributed by atoms with Crippen molar-refractivity contribution in [2.24, 2.45) is 0 Å². The van der Waals surface area contributed by atoms with Crippen molar-refractivity contribution >= 4 is 33.3 Å².